The molecule has 4 aromatic heterocycles. The fourth-order valence-electron chi connectivity index (χ4n) is 2.42. The predicted molar refractivity (Wildman–Crippen MR) is 105 cm³/mol. The minimum Gasteiger partial charge on any atom is -0.463 e. The molecule has 0 radical (unpaired) electrons. The van der Waals surface area contributed by atoms with Crippen LogP contribution in [0.25, 0.3) is 11.5 Å². The van der Waals surface area contributed by atoms with Crippen LogP contribution in [0, 0.1) is 0 Å². The molecule has 0 aliphatic rings. The molecule has 0 aromatic carbocycles. The van der Waals surface area contributed by atoms with Crippen molar-refractivity contribution >= 4 is 39.8 Å². The van der Waals surface area contributed by atoms with Gasteiger partial charge in [0.2, 0.25) is 5.78 Å². The number of nitrogens with zero attached hydrogens (tertiary/aromatic N) is 3. The number of amides is 1. The molecule has 4 aromatic rings. The van der Waals surface area contributed by atoms with Gasteiger partial charge in [0.05, 0.1) is 6.26 Å². The monoisotopic (exact) mass is 410 g/mol. The second-order valence-corrected chi connectivity index (χ2v) is 6.95. The Labute approximate surface area is 168 Å². The van der Waals surface area contributed by atoms with Crippen molar-refractivity contribution in [1.29, 1.82) is 0 Å². The molecule has 0 aliphatic heterocycles. The van der Waals surface area contributed by atoms with Crippen molar-refractivity contribution in [3.8, 4) is 11.5 Å². The molecule has 0 fully saturated rings. The summed E-state index contributed by atoms with van der Waals surface area (Å²) >= 11 is 6.85. The second kappa shape index (κ2) is 7.71. The molecule has 138 valence electrons. The summed E-state index contributed by atoms with van der Waals surface area (Å²) in [4.78, 5) is 37.9. The molecule has 0 spiro atoms. The van der Waals surface area contributed by atoms with Gasteiger partial charge in [-0.05, 0) is 36.4 Å². The van der Waals surface area contributed by atoms with Gasteiger partial charge < -0.3 is 4.42 Å². The molecule has 0 saturated carbocycles. The number of anilines is 1. The smallest absolute Gasteiger partial charge is 0.257 e. The quantitative estimate of drug-likeness (QED) is 0.388. The van der Waals surface area contributed by atoms with Gasteiger partial charge in [0.15, 0.2) is 10.9 Å². The van der Waals surface area contributed by atoms with Gasteiger partial charge in [0.1, 0.15) is 15.7 Å². The normalized spacial score (nSPS) is 10.6. The first kappa shape index (κ1) is 18.0. The van der Waals surface area contributed by atoms with Crippen LogP contribution in [0.4, 0.5) is 5.13 Å². The Kier molecular flexibility index (Phi) is 4.96. The fourth-order valence-corrected chi connectivity index (χ4v) is 3.46. The molecule has 0 aliphatic carbocycles. The fraction of sp³-hybridized carbons (Fsp3) is 0. The maximum atomic E-state index is 13.0. The third-order valence-electron chi connectivity index (χ3n) is 3.74. The summed E-state index contributed by atoms with van der Waals surface area (Å²) < 4.78 is 5.40. The van der Waals surface area contributed by atoms with Gasteiger partial charge in [-0.2, -0.15) is 0 Å². The van der Waals surface area contributed by atoms with Crippen molar-refractivity contribution in [1.82, 2.24) is 15.0 Å². The Morgan fingerprint density at radius 3 is 2.57 bits per heavy atom. The van der Waals surface area contributed by atoms with E-state index in [2.05, 4.69) is 20.3 Å². The van der Waals surface area contributed by atoms with Crippen molar-refractivity contribution in [2.45, 2.75) is 0 Å². The minimum absolute atomic E-state index is 0.276. The van der Waals surface area contributed by atoms with Crippen LogP contribution in [0.1, 0.15) is 25.6 Å². The van der Waals surface area contributed by atoms with E-state index >= 15 is 0 Å². The van der Waals surface area contributed by atoms with Crippen molar-refractivity contribution in [2.24, 2.45) is 0 Å². The number of rotatable bonds is 5. The Morgan fingerprint density at radius 1 is 1.07 bits per heavy atom. The second-order valence-electron chi connectivity index (χ2n) is 5.56. The number of nitrogens with one attached hydrogen (secondary N) is 1. The molecular weight excluding hydrogens is 400 g/mol. The molecule has 4 rings (SSSR count). The molecule has 0 atom stereocenters. The number of ketones is 1. The van der Waals surface area contributed by atoms with Crippen LogP contribution in [0.15, 0.2) is 65.7 Å². The first-order chi connectivity index (χ1) is 13.6. The Balaban J connectivity index is 1.70. The van der Waals surface area contributed by atoms with E-state index in [1.807, 2.05) is 0 Å². The van der Waals surface area contributed by atoms with E-state index in [9.17, 15) is 9.59 Å². The SMILES string of the molecule is O=C(Nc1nc(-c2ccco2)c(C(=O)c2ccc(Cl)nc2)s1)c1ccncc1. The number of halogens is 1. The molecule has 9 heteroatoms. The first-order valence-electron chi connectivity index (χ1n) is 8.04. The summed E-state index contributed by atoms with van der Waals surface area (Å²) in [6.07, 6.45) is 5.93. The zero-order valence-corrected chi connectivity index (χ0v) is 15.7. The van der Waals surface area contributed by atoms with Crippen LogP contribution in [0.5, 0.6) is 0 Å². The summed E-state index contributed by atoms with van der Waals surface area (Å²) in [6, 6.07) is 9.68. The zero-order chi connectivity index (χ0) is 19.5. The number of hydrogen-bond donors (Lipinski definition) is 1. The third kappa shape index (κ3) is 3.68. The first-order valence-corrected chi connectivity index (χ1v) is 9.23. The topological polar surface area (TPSA) is 98.0 Å². The van der Waals surface area contributed by atoms with Gasteiger partial charge in [0, 0.05) is 29.7 Å². The highest BCUT2D eigenvalue weighted by atomic mass is 35.5. The van der Waals surface area contributed by atoms with Gasteiger partial charge in [-0.25, -0.2) is 9.97 Å². The van der Waals surface area contributed by atoms with Crippen molar-refractivity contribution in [3.05, 3.63) is 82.4 Å². The van der Waals surface area contributed by atoms with E-state index in [0.717, 1.165) is 11.3 Å². The van der Waals surface area contributed by atoms with Crippen LogP contribution in [-0.4, -0.2) is 26.6 Å². The minimum atomic E-state index is -0.352. The predicted octanol–water partition coefficient (Wildman–Crippen LogP) is 4.33. The average Bonchev–Trinajstić information content (AvgIpc) is 3.38. The maximum absolute atomic E-state index is 13.0. The van der Waals surface area contributed by atoms with E-state index < -0.39 is 0 Å². The summed E-state index contributed by atoms with van der Waals surface area (Å²) in [5, 5.41) is 3.27. The van der Waals surface area contributed by atoms with Gasteiger partial charge in [-0.1, -0.05) is 22.9 Å². The van der Waals surface area contributed by atoms with Crippen molar-refractivity contribution in [3.63, 3.8) is 0 Å². The number of aromatic nitrogens is 3. The number of pyridine rings is 2. The molecule has 1 N–H and O–H groups in total. The van der Waals surface area contributed by atoms with E-state index in [1.54, 1.807) is 30.3 Å². The molecule has 7 nitrogen and oxygen atoms in total. The number of furan rings is 1. The standard InChI is InChI=1S/C19H11ClN4O3S/c20-14-4-3-12(10-22-14)16(25)17-15(13-2-1-9-27-13)23-19(28-17)24-18(26)11-5-7-21-8-6-11/h1-10H,(H,23,24,26). The van der Waals surface area contributed by atoms with Crippen LogP contribution >= 0.6 is 22.9 Å². The van der Waals surface area contributed by atoms with E-state index in [1.165, 1.54) is 30.9 Å². The van der Waals surface area contributed by atoms with Crippen LogP contribution in [-0.2, 0) is 0 Å². The van der Waals surface area contributed by atoms with Crippen LogP contribution < -0.4 is 5.32 Å². The number of hydrogen-bond acceptors (Lipinski definition) is 7. The summed E-state index contributed by atoms with van der Waals surface area (Å²) in [7, 11) is 0. The molecule has 0 saturated heterocycles. The molecule has 4 heterocycles. The largest absolute Gasteiger partial charge is 0.463 e. The highest BCUT2D eigenvalue weighted by molar-refractivity contribution is 7.18. The molecule has 1 amide bonds. The Bertz CT molecular complexity index is 1130. The van der Waals surface area contributed by atoms with Crippen LogP contribution in [0.3, 0.4) is 0 Å². The lowest BCUT2D eigenvalue weighted by molar-refractivity contribution is 0.102. The molecule has 28 heavy (non-hydrogen) atoms. The average molecular weight is 411 g/mol. The summed E-state index contributed by atoms with van der Waals surface area (Å²) in [5.41, 5.74) is 1.13. The lowest BCUT2D eigenvalue weighted by Gasteiger charge is -2.00. The van der Waals surface area contributed by atoms with E-state index in [0.29, 0.717) is 27.5 Å². The number of carbonyl (C=O) groups is 2. The van der Waals surface area contributed by atoms with Crippen molar-refractivity contribution in [2.75, 3.05) is 5.32 Å². The highest BCUT2D eigenvalue weighted by Crippen LogP contribution is 2.33. The van der Waals surface area contributed by atoms with Crippen LogP contribution in [0.2, 0.25) is 5.15 Å². The van der Waals surface area contributed by atoms with Gasteiger partial charge in [0.25, 0.3) is 5.91 Å². The molecular formula is C19H11ClN4O3S. The highest BCUT2D eigenvalue weighted by Gasteiger charge is 2.23. The molecule has 0 unspecified atom stereocenters. The Hall–Kier alpha value is -3.36. The van der Waals surface area contributed by atoms with E-state index in [-0.39, 0.29) is 22.0 Å². The Morgan fingerprint density at radius 2 is 1.89 bits per heavy atom. The van der Waals surface area contributed by atoms with Gasteiger partial charge in [-0.15, -0.1) is 0 Å². The maximum Gasteiger partial charge on any atom is 0.257 e. The number of carbonyl (C=O) groups excluding carboxylic acids is 2. The zero-order valence-electron chi connectivity index (χ0n) is 14.1. The van der Waals surface area contributed by atoms with Gasteiger partial charge >= 0.3 is 0 Å². The molecule has 0 bridgehead atoms. The summed E-state index contributed by atoms with van der Waals surface area (Å²) in [5.74, 6) is -0.224. The van der Waals surface area contributed by atoms with Gasteiger partial charge in [-0.3, -0.25) is 19.9 Å². The lowest BCUT2D eigenvalue weighted by Crippen LogP contribution is -2.11. The van der Waals surface area contributed by atoms with Crippen molar-refractivity contribution < 1.29 is 14.0 Å². The third-order valence-corrected chi connectivity index (χ3v) is 4.93. The number of thiazole rings is 1. The van der Waals surface area contributed by atoms with E-state index in [4.69, 9.17) is 16.0 Å². The lowest BCUT2D eigenvalue weighted by atomic mass is 10.1. The summed E-state index contributed by atoms with van der Waals surface area (Å²) in [6.45, 7) is 0.